The molecular weight excluding hydrogens is 352 g/mol. The zero-order valence-corrected chi connectivity index (χ0v) is 14.1. The second-order valence-corrected chi connectivity index (χ2v) is 6.26. The van der Waals surface area contributed by atoms with Gasteiger partial charge in [0.05, 0.1) is 12.5 Å². The summed E-state index contributed by atoms with van der Waals surface area (Å²) in [7, 11) is 0. The van der Waals surface area contributed by atoms with Crippen LogP contribution in [0.15, 0.2) is 34.8 Å². The molecule has 1 aromatic carbocycles. The topological polar surface area (TPSA) is 45.8 Å². The molecule has 108 valence electrons. The molecule has 0 bridgehead atoms. The summed E-state index contributed by atoms with van der Waals surface area (Å²) in [4.78, 5) is 12.8. The third kappa shape index (κ3) is 3.20. The van der Waals surface area contributed by atoms with Gasteiger partial charge in [0, 0.05) is 26.8 Å². The van der Waals surface area contributed by atoms with Gasteiger partial charge in [-0.2, -0.15) is 5.26 Å². The molecule has 0 saturated carbocycles. The molecule has 0 saturated heterocycles. The maximum atomic E-state index is 12.8. The molecule has 0 amide bonds. The van der Waals surface area contributed by atoms with E-state index >= 15 is 0 Å². The number of nitrogens with zero attached hydrogens (tertiary/aromatic N) is 2. The average molecular weight is 366 g/mol. The van der Waals surface area contributed by atoms with Crippen molar-refractivity contribution in [2.24, 2.45) is 0 Å². The van der Waals surface area contributed by atoms with Crippen LogP contribution < -0.4 is 0 Å². The molecular formula is C16H14BrClN2O. The van der Waals surface area contributed by atoms with E-state index in [1.54, 1.807) is 24.3 Å². The second-order valence-electron chi connectivity index (χ2n) is 4.97. The number of hydrogen-bond donors (Lipinski definition) is 0. The van der Waals surface area contributed by atoms with Crippen molar-refractivity contribution < 1.29 is 4.79 Å². The minimum Gasteiger partial charge on any atom is -0.337 e. The number of aromatic nitrogens is 1. The first-order chi connectivity index (χ1) is 9.95. The molecule has 0 radical (unpaired) electrons. The highest BCUT2D eigenvalue weighted by atomic mass is 79.9. The van der Waals surface area contributed by atoms with E-state index in [9.17, 15) is 4.79 Å². The predicted molar refractivity (Wildman–Crippen MR) is 86.7 cm³/mol. The van der Waals surface area contributed by atoms with Crippen LogP contribution in [0.5, 0.6) is 0 Å². The van der Waals surface area contributed by atoms with Gasteiger partial charge in [-0.25, -0.2) is 0 Å². The molecule has 2 aromatic rings. The molecule has 0 spiro atoms. The molecule has 0 fully saturated rings. The lowest BCUT2D eigenvalue weighted by molar-refractivity contribution is 0.102. The number of halogens is 2. The molecule has 0 aliphatic carbocycles. The fourth-order valence-electron chi connectivity index (χ4n) is 2.33. The lowest BCUT2D eigenvalue weighted by atomic mass is 10.1. The fourth-order valence-corrected chi connectivity index (χ4v) is 3.16. The quantitative estimate of drug-likeness (QED) is 0.732. The van der Waals surface area contributed by atoms with Gasteiger partial charge in [0.25, 0.3) is 0 Å². The maximum Gasteiger partial charge on any atom is 0.210 e. The van der Waals surface area contributed by atoms with Gasteiger partial charge in [-0.05, 0) is 48.0 Å². The van der Waals surface area contributed by atoms with Crippen molar-refractivity contribution >= 4 is 33.3 Å². The Morgan fingerprint density at radius 2 is 2.14 bits per heavy atom. The minimum absolute atomic E-state index is 0.0813. The highest BCUT2D eigenvalue weighted by molar-refractivity contribution is 9.10. The number of carbonyl (C=O) groups excluding carboxylic acids is 1. The number of carbonyl (C=O) groups is 1. The van der Waals surface area contributed by atoms with Crippen molar-refractivity contribution in [2.75, 3.05) is 0 Å². The summed E-state index contributed by atoms with van der Waals surface area (Å²) >= 11 is 9.40. The molecule has 1 heterocycles. The summed E-state index contributed by atoms with van der Waals surface area (Å²) in [5.74, 6) is -0.109. The van der Waals surface area contributed by atoms with Crippen LogP contribution in [0.25, 0.3) is 0 Å². The minimum atomic E-state index is -0.109. The third-order valence-corrected chi connectivity index (χ3v) is 3.99. The Morgan fingerprint density at radius 3 is 2.71 bits per heavy atom. The first-order valence-electron chi connectivity index (χ1n) is 6.52. The molecule has 3 nitrogen and oxygen atoms in total. The van der Waals surface area contributed by atoms with Gasteiger partial charge < -0.3 is 4.57 Å². The normalized spacial score (nSPS) is 10.7. The van der Waals surface area contributed by atoms with Gasteiger partial charge in [-0.3, -0.25) is 4.79 Å². The molecule has 0 aliphatic rings. The Bertz CT molecular complexity index is 728. The fraction of sp³-hybridized carbons (Fsp3) is 0.250. The van der Waals surface area contributed by atoms with Gasteiger partial charge in [0.15, 0.2) is 0 Å². The van der Waals surface area contributed by atoms with E-state index < -0.39 is 0 Å². The molecule has 2 rings (SSSR count). The van der Waals surface area contributed by atoms with Crippen molar-refractivity contribution in [1.29, 1.82) is 5.26 Å². The summed E-state index contributed by atoms with van der Waals surface area (Å²) in [5.41, 5.74) is 1.91. The molecule has 1 aromatic heterocycles. The van der Waals surface area contributed by atoms with Crippen LogP contribution in [0.1, 0.15) is 41.6 Å². The van der Waals surface area contributed by atoms with Gasteiger partial charge in [-0.1, -0.05) is 23.7 Å². The maximum absolute atomic E-state index is 12.8. The smallest absolute Gasteiger partial charge is 0.210 e. The Hall–Kier alpha value is -1.57. The van der Waals surface area contributed by atoms with Crippen molar-refractivity contribution in [3.05, 3.63) is 56.8 Å². The van der Waals surface area contributed by atoms with E-state index in [2.05, 4.69) is 22.0 Å². The summed E-state index contributed by atoms with van der Waals surface area (Å²) in [6.45, 7) is 3.98. The molecule has 5 heteroatoms. The zero-order valence-electron chi connectivity index (χ0n) is 11.7. The SMILES string of the molecule is CC(C)n1c(CC#N)cc(Br)c1C(=O)c1cccc(Cl)c1. The Morgan fingerprint density at radius 1 is 1.43 bits per heavy atom. The first kappa shape index (κ1) is 15.8. The third-order valence-electron chi connectivity index (χ3n) is 3.15. The summed E-state index contributed by atoms with van der Waals surface area (Å²) < 4.78 is 2.60. The number of ketones is 1. The lowest BCUT2D eigenvalue weighted by Gasteiger charge is -2.16. The van der Waals surface area contributed by atoms with Crippen molar-refractivity contribution in [3.8, 4) is 6.07 Å². The van der Waals surface area contributed by atoms with Crippen molar-refractivity contribution in [2.45, 2.75) is 26.3 Å². The zero-order chi connectivity index (χ0) is 15.6. The van der Waals surface area contributed by atoms with Crippen LogP contribution in [0.2, 0.25) is 5.02 Å². The summed E-state index contributed by atoms with van der Waals surface area (Å²) in [6, 6.07) is 10.9. The Kier molecular flexibility index (Phi) is 4.87. The van der Waals surface area contributed by atoms with E-state index in [-0.39, 0.29) is 18.2 Å². The molecule has 0 atom stereocenters. The van der Waals surface area contributed by atoms with Crippen LogP contribution in [0.4, 0.5) is 0 Å². The van der Waals surface area contributed by atoms with Crippen LogP contribution in [0, 0.1) is 11.3 Å². The lowest BCUT2D eigenvalue weighted by Crippen LogP contribution is -2.15. The number of benzene rings is 1. The van der Waals surface area contributed by atoms with E-state index in [1.165, 1.54) is 0 Å². The van der Waals surface area contributed by atoms with Crippen LogP contribution in [0.3, 0.4) is 0 Å². The van der Waals surface area contributed by atoms with Crippen LogP contribution >= 0.6 is 27.5 Å². The van der Waals surface area contributed by atoms with E-state index in [0.717, 1.165) is 5.69 Å². The summed E-state index contributed by atoms with van der Waals surface area (Å²) in [5, 5.41) is 9.46. The van der Waals surface area contributed by atoms with Gasteiger partial charge in [-0.15, -0.1) is 0 Å². The van der Waals surface area contributed by atoms with Gasteiger partial charge in [0.1, 0.15) is 5.69 Å². The monoisotopic (exact) mass is 364 g/mol. The van der Waals surface area contributed by atoms with Gasteiger partial charge >= 0.3 is 0 Å². The highest BCUT2D eigenvalue weighted by Gasteiger charge is 2.22. The van der Waals surface area contributed by atoms with E-state index in [1.807, 2.05) is 24.5 Å². The predicted octanol–water partition coefficient (Wildman–Crippen LogP) is 4.78. The van der Waals surface area contributed by atoms with Crippen molar-refractivity contribution in [3.63, 3.8) is 0 Å². The largest absolute Gasteiger partial charge is 0.337 e. The molecule has 0 N–H and O–H groups in total. The highest BCUT2D eigenvalue weighted by Crippen LogP contribution is 2.29. The van der Waals surface area contributed by atoms with Crippen LogP contribution in [-0.4, -0.2) is 10.4 Å². The van der Waals surface area contributed by atoms with E-state index in [0.29, 0.717) is 20.8 Å². The number of hydrogen-bond acceptors (Lipinski definition) is 2. The summed E-state index contributed by atoms with van der Waals surface area (Å²) in [6.07, 6.45) is 0.263. The van der Waals surface area contributed by atoms with Crippen LogP contribution in [-0.2, 0) is 6.42 Å². The Labute approximate surface area is 137 Å². The van der Waals surface area contributed by atoms with E-state index in [4.69, 9.17) is 16.9 Å². The molecule has 0 unspecified atom stereocenters. The van der Waals surface area contributed by atoms with Gasteiger partial charge in [0.2, 0.25) is 5.78 Å². The molecule has 21 heavy (non-hydrogen) atoms. The average Bonchev–Trinajstić information content (AvgIpc) is 2.75. The molecule has 0 aliphatic heterocycles. The number of rotatable bonds is 4. The first-order valence-corrected chi connectivity index (χ1v) is 7.69. The second kappa shape index (κ2) is 6.46. The van der Waals surface area contributed by atoms with Crippen molar-refractivity contribution in [1.82, 2.24) is 4.57 Å². The Balaban J connectivity index is 2.58. The number of nitriles is 1. The standard InChI is InChI=1S/C16H14BrClN2O/c1-10(2)20-13(6-7-19)9-14(17)15(20)16(21)11-4-3-5-12(18)8-11/h3-5,8-10H,6H2,1-2H3.